The second kappa shape index (κ2) is 10.6. The SMILES string of the molecule is CCNC(=NCC(c1cccs1)N1CCOCC1)N1CCc2ccccc21.I. The van der Waals surface area contributed by atoms with Gasteiger partial charge in [-0.25, -0.2) is 0 Å². The first-order valence-electron chi connectivity index (χ1n) is 9.85. The van der Waals surface area contributed by atoms with Crippen molar-refractivity contribution in [2.45, 2.75) is 19.4 Å². The Hall–Kier alpha value is -1.16. The Morgan fingerprint density at radius 2 is 2.00 bits per heavy atom. The van der Waals surface area contributed by atoms with Gasteiger partial charge in [-0.15, -0.1) is 35.3 Å². The van der Waals surface area contributed by atoms with Gasteiger partial charge >= 0.3 is 0 Å². The molecule has 1 atom stereocenters. The van der Waals surface area contributed by atoms with Crippen molar-refractivity contribution >= 4 is 47.0 Å². The summed E-state index contributed by atoms with van der Waals surface area (Å²) in [4.78, 5) is 11.3. The van der Waals surface area contributed by atoms with Crippen molar-refractivity contribution < 1.29 is 4.74 Å². The molecule has 3 heterocycles. The quantitative estimate of drug-likeness (QED) is 0.376. The summed E-state index contributed by atoms with van der Waals surface area (Å²) in [7, 11) is 0. The first-order valence-corrected chi connectivity index (χ1v) is 10.7. The first kappa shape index (κ1) is 21.5. The van der Waals surface area contributed by atoms with Gasteiger partial charge in [0.05, 0.1) is 25.8 Å². The second-order valence-corrected chi connectivity index (χ2v) is 7.88. The molecule has 1 unspecified atom stereocenters. The van der Waals surface area contributed by atoms with E-state index in [1.54, 1.807) is 0 Å². The Bertz CT molecular complexity index is 762. The molecule has 2 aromatic rings. The van der Waals surface area contributed by atoms with Crippen LogP contribution < -0.4 is 10.2 Å². The van der Waals surface area contributed by atoms with E-state index < -0.39 is 0 Å². The molecule has 0 aliphatic carbocycles. The van der Waals surface area contributed by atoms with Crippen LogP contribution in [0.5, 0.6) is 0 Å². The first-order chi connectivity index (χ1) is 13.4. The van der Waals surface area contributed by atoms with E-state index >= 15 is 0 Å². The summed E-state index contributed by atoms with van der Waals surface area (Å²) in [5.74, 6) is 0.997. The van der Waals surface area contributed by atoms with E-state index in [9.17, 15) is 0 Å². The van der Waals surface area contributed by atoms with E-state index in [2.05, 4.69) is 63.8 Å². The zero-order valence-corrected chi connectivity index (χ0v) is 19.5. The van der Waals surface area contributed by atoms with Crippen LogP contribution in [0.3, 0.4) is 0 Å². The molecule has 4 rings (SSSR count). The third-order valence-corrected chi connectivity index (χ3v) is 6.22. The lowest BCUT2D eigenvalue weighted by Gasteiger charge is -2.33. The van der Waals surface area contributed by atoms with Crippen molar-refractivity contribution in [2.24, 2.45) is 4.99 Å². The summed E-state index contributed by atoms with van der Waals surface area (Å²) < 4.78 is 5.56. The van der Waals surface area contributed by atoms with Crippen LogP contribution in [0.2, 0.25) is 0 Å². The number of para-hydroxylation sites is 1. The number of guanidine groups is 1. The van der Waals surface area contributed by atoms with E-state index in [1.807, 2.05) is 11.3 Å². The highest BCUT2D eigenvalue weighted by atomic mass is 127. The number of hydrogen-bond donors (Lipinski definition) is 1. The second-order valence-electron chi connectivity index (χ2n) is 6.90. The standard InChI is InChI=1S/C21H28N4OS.HI/c1-2-22-21(25-10-9-17-6-3-4-7-18(17)25)23-16-19(20-8-5-15-27-20)24-11-13-26-14-12-24;/h3-8,15,19H,2,9-14,16H2,1H3,(H,22,23);1H. The van der Waals surface area contributed by atoms with Crippen molar-refractivity contribution in [1.82, 2.24) is 10.2 Å². The average Bonchev–Trinajstić information content (AvgIpc) is 3.38. The molecule has 0 radical (unpaired) electrons. The molecule has 1 fully saturated rings. The molecule has 1 aromatic heterocycles. The minimum Gasteiger partial charge on any atom is -0.379 e. The van der Waals surface area contributed by atoms with E-state index in [0.29, 0.717) is 6.04 Å². The van der Waals surface area contributed by atoms with Crippen LogP contribution >= 0.6 is 35.3 Å². The molecular formula is C21H29IN4OS. The Morgan fingerprint density at radius 3 is 2.75 bits per heavy atom. The Kier molecular flexibility index (Phi) is 8.13. The highest BCUT2D eigenvalue weighted by Crippen LogP contribution is 2.29. The van der Waals surface area contributed by atoms with Crippen LogP contribution in [0.15, 0.2) is 46.8 Å². The fourth-order valence-corrected chi connectivity index (χ4v) is 4.73. The molecule has 1 saturated heterocycles. The van der Waals surface area contributed by atoms with Gasteiger partial charge in [-0.1, -0.05) is 24.3 Å². The van der Waals surface area contributed by atoms with Crippen LogP contribution in [0.1, 0.15) is 23.4 Å². The molecule has 1 N–H and O–H groups in total. The molecule has 2 aliphatic rings. The molecule has 1 aromatic carbocycles. The summed E-state index contributed by atoms with van der Waals surface area (Å²) in [5, 5.41) is 5.67. The topological polar surface area (TPSA) is 40.1 Å². The predicted octanol–water partition coefficient (Wildman–Crippen LogP) is 3.77. The monoisotopic (exact) mass is 512 g/mol. The molecule has 152 valence electrons. The molecule has 7 heteroatoms. The molecule has 5 nitrogen and oxygen atoms in total. The number of aliphatic imine (C=N–C) groups is 1. The van der Waals surface area contributed by atoms with E-state index in [-0.39, 0.29) is 24.0 Å². The van der Waals surface area contributed by atoms with Crippen LogP contribution in [-0.2, 0) is 11.2 Å². The van der Waals surface area contributed by atoms with Crippen LogP contribution in [0.4, 0.5) is 5.69 Å². The minimum absolute atomic E-state index is 0. The summed E-state index contributed by atoms with van der Waals surface area (Å²) in [5.41, 5.74) is 2.70. The largest absolute Gasteiger partial charge is 0.379 e. The number of rotatable bonds is 5. The summed E-state index contributed by atoms with van der Waals surface area (Å²) in [6, 6.07) is 13.4. The number of hydrogen-bond acceptors (Lipinski definition) is 4. The van der Waals surface area contributed by atoms with Crippen LogP contribution in [0.25, 0.3) is 0 Å². The van der Waals surface area contributed by atoms with Crippen LogP contribution in [0, 0.1) is 0 Å². The maximum atomic E-state index is 5.56. The highest BCUT2D eigenvalue weighted by molar-refractivity contribution is 14.0. The fraction of sp³-hybridized carbons (Fsp3) is 0.476. The summed E-state index contributed by atoms with van der Waals surface area (Å²) in [6.07, 6.45) is 1.08. The van der Waals surface area contributed by atoms with Gasteiger partial charge in [0.15, 0.2) is 5.96 Å². The number of nitrogens with one attached hydrogen (secondary N) is 1. The van der Waals surface area contributed by atoms with Crippen molar-refractivity contribution in [3.05, 3.63) is 52.2 Å². The minimum atomic E-state index is 0. The predicted molar refractivity (Wildman–Crippen MR) is 128 cm³/mol. The number of ether oxygens (including phenoxy) is 1. The van der Waals surface area contributed by atoms with Gasteiger partial charge in [0, 0.05) is 36.7 Å². The normalized spacial score (nSPS) is 18.5. The maximum Gasteiger partial charge on any atom is 0.198 e. The third kappa shape index (κ3) is 4.87. The van der Waals surface area contributed by atoms with Gasteiger partial charge in [-0.2, -0.15) is 0 Å². The molecule has 0 saturated carbocycles. The van der Waals surface area contributed by atoms with Gasteiger partial charge in [-0.05, 0) is 36.4 Å². The molecule has 0 spiro atoms. The molecule has 0 bridgehead atoms. The van der Waals surface area contributed by atoms with Gasteiger partial charge in [-0.3, -0.25) is 9.89 Å². The van der Waals surface area contributed by atoms with Gasteiger partial charge in [0.2, 0.25) is 0 Å². The highest BCUT2D eigenvalue weighted by Gasteiger charge is 2.26. The molecule has 2 aliphatic heterocycles. The van der Waals surface area contributed by atoms with Crippen molar-refractivity contribution in [3.8, 4) is 0 Å². The smallest absolute Gasteiger partial charge is 0.198 e. The number of morpholine rings is 1. The molecule has 0 amide bonds. The van der Waals surface area contributed by atoms with Gasteiger partial charge in [0.25, 0.3) is 0 Å². The van der Waals surface area contributed by atoms with Crippen molar-refractivity contribution in [3.63, 3.8) is 0 Å². The lowest BCUT2D eigenvalue weighted by atomic mass is 10.2. The number of nitrogens with zero attached hydrogens (tertiary/aromatic N) is 3. The average molecular weight is 512 g/mol. The van der Waals surface area contributed by atoms with Crippen molar-refractivity contribution in [2.75, 3.05) is 50.8 Å². The number of thiophene rings is 1. The maximum absolute atomic E-state index is 5.56. The Labute approximate surface area is 188 Å². The zero-order chi connectivity index (χ0) is 18.5. The number of anilines is 1. The van der Waals surface area contributed by atoms with E-state index in [0.717, 1.165) is 58.3 Å². The lowest BCUT2D eigenvalue weighted by molar-refractivity contribution is 0.0187. The van der Waals surface area contributed by atoms with Gasteiger partial charge < -0.3 is 15.0 Å². The number of benzene rings is 1. The van der Waals surface area contributed by atoms with E-state index in [4.69, 9.17) is 9.73 Å². The zero-order valence-electron chi connectivity index (χ0n) is 16.3. The lowest BCUT2D eigenvalue weighted by Crippen LogP contribution is -2.43. The Morgan fingerprint density at radius 1 is 1.18 bits per heavy atom. The Balaban J connectivity index is 0.00000225. The summed E-state index contributed by atoms with van der Waals surface area (Å²) in [6.45, 7) is 8.33. The molecule has 28 heavy (non-hydrogen) atoms. The van der Waals surface area contributed by atoms with E-state index in [1.165, 1.54) is 16.1 Å². The van der Waals surface area contributed by atoms with Gasteiger partial charge in [0.1, 0.15) is 0 Å². The summed E-state index contributed by atoms with van der Waals surface area (Å²) >= 11 is 1.82. The number of fused-ring (bicyclic) bond motifs is 1. The number of halogens is 1. The van der Waals surface area contributed by atoms with Crippen molar-refractivity contribution in [1.29, 1.82) is 0 Å². The molecular weight excluding hydrogens is 483 g/mol. The fourth-order valence-electron chi connectivity index (χ4n) is 3.88. The third-order valence-electron chi connectivity index (χ3n) is 5.25. The van der Waals surface area contributed by atoms with Crippen LogP contribution in [-0.4, -0.2) is 56.8 Å².